The SMILES string of the molecule is CCOC(=O)CN1CCN(CCCOc2cc3c(Nc4cccc(Br)c4)ncnc3cc2OC)CC1. The van der Waals surface area contributed by atoms with E-state index >= 15 is 0 Å². The summed E-state index contributed by atoms with van der Waals surface area (Å²) in [4.78, 5) is 25.1. The van der Waals surface area contributed by atoms with Crippen molar-refractivity contribution in [1.82, 2.24) is 19.8 Å². The van der Waals surface area contributed by atoms with Gasteiger partial charge >= 0.3 is 5.97 Å². The van der Waals surface area contributed by atoms with E-state index in [0.29, 0.717) is 37.1 Å². The first-order valence-electron chi connectivity index (χ1n) is 12.1. The highest BCUT2D eigenvalue weighted by Gasteiger charge is 2.19. The number of anilines is 2. The molecule has 10 heteroatoms. The van der Waals surface area contributed by atoms with Crippen LogP contribution >= 0.6 is 15.9 Å². The molecule has 1 N–H and O–H groups in total. The van der Waals surface area contributed by atoms with Gasteiger partial charge in [-0.25, -0.2) is 9.97 Å². The minimum atomic E-state index is -0.149. The van der Waals surface area contributed by atoms with Crippen molar-refractivity contribution in [3.8, 4) is 11.5 Å². The van der Waals surface area contributed by atoms with Gasteiger partial charge < -0.3 is 24.4 Å². The van der Waals surface area contributed by atoms with Crippen molar-refractivity contribution >= 4 is 44.3 Å². The lowest BCUT2D eigenvalue weighted by molar-refractivity contribution is -0.144. The molecule has 9 nitrogen and oxygen atoms in total. The number of carbonyl (C=O) groups is 1. The summed E-state index contributed by atoms with van der Waals surface area (Å²) in [5, 5.41) is 4.22. The molecule has 36 heavy (non-hydrogen) atoms. The molecule has 1 aliphatic rings. The maximum absolute atomic E-state index is 11.7. The van der Waals surface area contributed by atoms with E-state index in [1.807, 2.05) is 43.3 Å². The van der Waals surface area contributed by atoms with Gasteiger partial charge in [-0.05, 0) is 37.6 Å². The van der Waals surface area contributed by atoms with Crippen molar-refractivity contribution in [2.24, 2.45) is 0 Å². The standard InChI is InChI=1S/C26H32BrN5O4/c1-3-35-25(33)17-32-11-9-31(10-12-32)8-5-13-36-24-15-21-22(16-23(24)34-2)28-18-29-26(21)30-20-7-4-6-19(27)14-20/h4,6-7,14-16,18H,3,5,8-13,17H2,1-2H3,(H,28,29,30). The molecule has 3 aromatic rings. The number of esters is 1. The lowest BCUT2D eigenvalue weighted by atomic mass is 10.2. The van der Waals surface area contributed by atoms with Crippen molar-refractivity contribution < 1.29 is 19.0 Å². The highest BCUT2D eigenvalue weighted by Crippen LogP contribution is 2.35. The van der Waals surface area contributed by atoms with Crippen molar-refractivity contribution in [2.75, 3.05) is 64.9 Å². The average Bonchev–Trinajstić information content (AvgIpc) is 2.87. The first-order valence-corrected chi connectivity index (χ1v) is 12.9. The molecule has 2 aromatic carbocycles. The monoisotopic (exact) mass is 557 g/mol. The second-order valence-electron chi connectivity index (χ2n) is 8.50. The minimum Gasteiger partial charge on any atom is -0.493 e. The molecule has 1 aromatic heterocycles. The van der Waals surface area contributed by atoms with Crippen LogP contribution in [0.25, 0.3) is 10.9 Å². The molecule has 0 unspecified atom stereocenters. The van der Waals surface area contributed by atoms with Crippen molar-refractivity contribution in [3.05, 3.63) is 47.2 Å². The van der Waals surface area contributed by atoms with E-state index in [0.717, 1.165) is 60.2 Å². The number of hydrogen-bond donors (Lipinski definition) is 1. The fourth-order valence-electron chi connectivity index (χ4n) is 4.17. The topological polar surface area (TPSA) is 89.1 Å². The van der Waals surface area contributed by atoms with Crippen molar-refractivity contribution in [2.45, 2.75) is 13.3 Å². The van der Waals surface area contributed by atoms with Gasteiger partial charge in [-0.2, -0.15) is 0 Å². The first kappa shape index (κ1) is 26.1. The number of piperazine rings is 1. The molecule has 192 valence electrons. The van der Waals surface area contributed by atoms with Gasteiger partial charge in [0, 0.05) is 54.3 Å². The number of rotatable bonds is 11. The Bertz CT molecular complexity index is 1170. The van der Waals surface area contributed by atoms with Crippen LogP contribution in [0.1, 0.15) is 13.3 Å². The van der Waals surface area contributed by atoms with E-state index in [1.165, 1.54) is 6.33 Å². The van der Waals surface area contributed by atoms with Crippen LogP contribution in [0.4, 0.5) is 11.5 Å². The van der Waals surface area contributed by atoms with E-state index in [-0.39, 0.29) is 5.97 Å². The molecule has 0 atom stereocenters. The van der Waals surface area contributed by atoms with Crippen LogP contribution in [0.5, 0.6) is 11.5 Å². The van der Waals surface area contributed by atoms with Crippen LogP contribution in [0.3, 0.4) is 0 Å². The van der Waals surface area contributed by atoms with Crippen LogP contribution in [0.2, 0.25) is 0 Å². The number of ether oxygens (including phenoxy) is 3. The average molecular weight is 558 g/mol. The summed E-state index contributed by atoms with van der Waals surface area (Å²) in [5.41, 5.74) is 1.69. The second kappa shape index (κ2) is 12.8. The van der Waals surface area contributed by atoms with Gasteiger partial charge in [-0.3, -0.25) is 9.69 Å². The van der Waals surface area contributed by atoms with Crippen LogP contribution in [0.15, 0.2) is 47.2 Å². The molecule has 0 saturated carbocycles. The Kier molecular flexibility index (Phi) is 9.32. The predicted octanol–water partition coefficient (Wildman–Crippen LogP) is 4.09. The Morgan fingerprint density at radius 2 is 1.89 bits per heavy atom. The lowest BCUT2D eigenvalue weighted by Crippen LogP contribution is -2.48. The van der Waals surface area contributed by atoms with Crippen LogP contribution in [0, 0.1) is 0 Å². The molecule has 0 spiro atoms. The predicted molar refractivity (Wildman–Crippen MR) is 143 cm³/mol. The molecule has 1 saturated heterocycles. The number of nitrogens with zero attached hydrogens (tertiary/aromatic N) is 4. The molecule has 0 aliphatic carbocycles. The summed E-state index contributed by atoms with van der Waals surface area (Å²) in [6.45, 7) is 7.72. The Hall–Kier alpha value is -2.95. The number of nitrogens with one attached hydrogen (secondary N) is 1. The highest BCUT2D eigenvalue weighted by atomic mass is 79.9. The molecule has 0 radical (unpaired) electrons. The summed E-state index contributed by atoms with van der Waals surface area (Å²) in [6, 6.07) is 11.7. The van der Waals surface area contributed by atoms with Gasteiger partial charge in [0.05, 0.1) is 32.4 Å². The number of methoxy groups -OCH3 is 1. The zero-order valence-electron chi connectivity index (χ0n) is 20.7. The third-order valence-electron chi connectivity index (χ3n) is 6.01. The molecular weight excluding hydrogens is 526 g/mol. The van der Waals surface area contributed by atoms with Crippen LogP contribution < -0.4 is 14.8 Å². The maximum atomic E-state index is 11.7. The van der Waals surface area contributed by atoms with Gasteiger partial charge in [-0.15, -0.1) is 0 Å². The highest BCUT2D eigenvalue weighted by molar-refractivity contribution is 9.10. The number of carbonyl (C=O) groups excluding carboxylic acids is 1. The third kappa shape index (κ3) is 7.05. The van der Waals surface area contributed by atoms with E-state index in [1.54, 1.807) is 7.11 Å². The van der Waals surface area contributed by atoms with Gasteiger partial charge in [0.1, 0.15) is 12.1 Å². The first-order chi connectivity index (χ1) is 17.6. The fraction of sp³-hybridized carbons (Fsp3) is 0.423. The summed E-state index contributed by atoms with van der Waals surface area (Å²) >= 11 is 3.50. The summed E-state index contributed by atoms with van der Waals surface area (Å²) in [6.07, 6.45) is 2.42. The third-order valence-corrected chi connectivity index (χ3v) is 6.50. The van der Waals surface area contributed by atoms with Gasteiger partial charge in [0.25, 0.3) is 0 Å². The molecular formula is C26H32BrN5O4. The lowest BCUT2D eigenvalue weighted by Gasteiger charge is -2.34. The smallest absolute Gasteiger partial charge is 0.320 e. The van der Waals surface area contributed by atoms with Gasteiger partial charge in [-0.1, -0.05) is 22.0 Å². The molecule has 1 aliphatic heterocycles. The largest absolute Gasteiger partial charge is 0.493 e. The number of aromatic nitrogens is 2. The maximum Gasteiger partial charge on any atom is 0.320 e. The molecule has 4 rings (SSSR count). The molecule has 2 heterocycles. The number of halogens is 1. The Morgan fingerprint density at radius 3 is 2.64 bits per heavy atom. The summed E-state index contributed by atoms with van der Waals surface area (Å²) < 4.78 is 17.7. The summed E-state index contributed by atoms with van der Waals surface area (Å²) in [5.74, 6) is 1.86. The molecule has 1 fully saturated rings. The van der Waals surface area contributed by atoms with E-state index in [9.17, 15) is 4.79 Å². The summed E-state index contributed by atoms with van der Waals surface area (Å²) in [7, 11) is 1.63. The van der Waals surface area contributed by atoms with Crippen molar-refractivity contribution in [1.29, 1.82) is 0 Å². The number of hydrogen-bond acceptors (Lipinski definition) is 9. The second-order valence-corrected chi connectivity index (χ2v) is 9.42. The number of benzene rings is 2. The fourth-order valence-corrected chi connectivity index (χ4v) is 4.57. The zero-order chi connectivity index (χ0) is 25.3. The molecule has 0 bridgehead atoms. The Balaban J connectivity index is 1.33. The zero-order valence-corrected chi connectivity index (χ0v) is 22.3. The Morgan fingerprint density at radius 1 is 1.08 bits per heavy atom. The van der Waals surface area contributed by atoms with Crippen LogP contribution in [-0.4, -0.2) is 85.3 Å². The van der Waals surface area contributed by atoms with E-state index in [4.69, 9.17) is 14.2 Å². The normalized spacial score (nSPS) is 14.5. The van der Waals surface area contributed by atoms with Gasteiger partial charge in [0.15, 0.2) is 11.5 Å². The van der Waals surface area contributed by atoms with Crippen LogP contribution in [-0.2, 0) is 9.53 Å². The molecule has 0 amide bonds. The van der Waals surface area contributed by atoms with Gasteiger partial charge in [0.2, 0.25) is 0 Å². The van der Waals surface area contributed by atoms with E-state index in [2.05, 4.69) is 41.0 Å². The minimum absolute atomic E-state index is 0.149. The van der Waals surface area contributed by atoms with E-state index < -0.39 is 0 Å². The Labute approximate surface area is 219 Å². The van der Waals surface area contributed by atoms with Crippen molar-refractivity contribution in [3.63, 3.8) is 0 Å². The quantitative estimate of drug-likeness (QED) is 0.276. The number of fused-ring (bicyclic) bond motifs is 1.